The van der Waals surface area contributed by atoms with E-state index < -0.39 is 0 Å². The maximum Gasteiger partial charge on any atom is 0.0729 e. The highest BCUT2D eigenvalue weighted by Crippen LogP contribution is 2.29. The molecule has 0 spiro atoms. The fraction of sp³-hybridized carbons (Fsp3) is 0.273. The SMILES string of the molecule is O[C@@H]1C=C[C@H](c2ccc(Cl)cc2)C1. The summed E-state index contributed by atoms with van der Waals surface area (Å²) in [7, 11) is 0. The number of benzene rings is 1. The Morgan fingerprint density at radius 1 is 1.15 bits per heavy atom. The fourth-order valence-corrected chi connectivity index (χ4v) is 1.76. The standard InChI is InChI=1S/C11H11ClO/c12-10-4-1-8(2-5-10)9-3-6-11(13)7-9/h1-6,9,11,13H,7H2/t9-,11+/m0/s1. The molecule has 2 rings (SSSR count). The molecule has 0 aromatic heterocycles. The van der Waals surface area contributed by atoms with E-state index in [1.807, 2.05) is 36.4 Å². The molecule has 2 heteroatoms. The minimum Gasteiger partial charge on any atom is -0.389 e. The zero-order valence-electron chi connectivity index (χ0n) is 7.15. The highest BCUT2D eigenvalue weighted by Gasteiger charge is 2.17. The van der Waals surface area contributed by atoms with Crippen LogP contribution >= 0.6 is 11.6 Å². The summed E-state index contributed by atoms with van der Waals surface area (Å²) >= 11 is 5.78. The van der Waals surface area contributed by atoms with E-state index in [1.54, 1.807) is 0 Å². The maximum absolute atomic E-state index is 9.30. The number of halogens is 1. The third kappa shape index (κ3) is 1.93. The van der Waals surface area contributed by atoms with E-state index >= 15 is 0 Å². The Kier molecular flexibility index (Phi) is 2.38. The molecule has 68 valence electrons. The molecule has 0 aliphatic heterocycles. The molecule has 1 aromatic rings. The van der Waals surface area contributed by atoms with Gasteiger partial charge < -0.3 is 5.11 Å². The van der Waals surface area contributed by atoms with E-state index in [9.17, 15) is 5.11 Å². The number of aliphatic hydroxyl groups is 1. The lowest BCUT2D eigenvalue weighted by Crippen LogP contribution is -2.00. The highest BCUT2D eigenvalue weighted by molar-refractivity contribution is 6.30. The summed E-state index contributed by atoms with van der Waals surface area (Å²) in [5, 5.41) is 10.1. The lowest BCUT2D eigenvalue weighted by atomic mass is 9.98. The van der Waals surface area contributed by atoms with Crippen LogP contribution in [0.5, 0.6) is 0 Å². The molecule has 1 N–H and O–H groups in total. The van der Waals surface area contributed by atoms with Crippen LogP contribution in [-0.2, 0) is 0 Å². The summed E-state index contributed by atoms with van der Waals surface area (Å²) < 4.78 is 0. The first-order chi connectivity index (χ1) is 6.25. The maximum atomic E-state index is 9.30. The van der Waals surface area contributed by atoms with Crippen LogP contribution in [0.15, 0.2) is 36.4 Å². The smallest absolute Gasteiger partial charge is 0.0729 e. The molecule has 0 amide bonds. The normalized spacial score (nSPS) is 26.6. The van der Waals surface area contributed by atoms with Gasteiger partial charge in [0.15, 0.2) is 0 Å². The molecule has 0 bridgehead atoms. The Labute approximate surface area is 82.7 Å². The van der Waals surface area contributed by atoms with Gasteiger partial charge in [0.25, 0.3) is 0 Å². The van der Waals surface area contributed by atoms with Gasteiger partial charge in [0.2, 0.25) is 0 Å². The quantitative estimate of drug-likeness (QED) is 0.682. The predicted molar refractivity (Wildman–Crippen MR) is 54.0 cm³/mol. The molecule has 0 radical (unpaired) electrons. The van der Waals surface area contributed by atoms with Crippen molar-refractivity contribution in [3.8, 4) is 0 Å². The molecule has 1 nitrogen and oxygen atoms in total. The summed E-state index contributed by atoms with van der Waals surface area (Å²) in [5.41, 5.74) is 1.22. The van der Waals surface area contributed by atoms with Gasteiger partial charge >= 0.3 is 0 Å². The van der Waals surface area contributed by atoms with Crippen LogP contribution in [0.2, 0.25) is 5.02 Å². The zero-order valence-corrected chi connectivity index (χ0v) is 7.91. The third-order valence-corrected chi connectivity index (χ3v) is 2.61. The van der Waals surface area contributed by atoms with Crippen LogP contribution < -0.4 is 0 Å². The largest absolute Gasteiger partial charge is 0.389 e. The summed E-state index contributed by atoms with van der Waals surface area (Å²) in [6, 6.07) is 7.79. The van der Waals surface area contributed by atoms with Crippen molar-refractivity contribution in [3.63, 3.8) is 0 Å². The topological polar surface area (TPSA) is 20.2 Å². The van der Waals surface area contributed by atoms with Gasteiger partial charge in [-0.1, -0.05) is 35.9 Å². The average Bonchev–Trinajstić information content (AvgIpc) is 2.53. The lowest BCUT2D eigenvalue weighted by Gasteiger charge is -2.08. The molecular weight excluding hydrogens is 184 g/mol. The van der Waals surface area contributed by atoms with Crippen LogP contribution in [0.1, 0.15) is 17.9 Å². The number of hydrogen-bond acceptors (Lipinski definition) is 1. The molecule has 0 saturated carbocycles. The van der Waals surface area contributed by atoms with Crippen molar-refractivity contribution in [1.82, 2.24) is 0 Å². The van der Waals surface area contributed by atoms with Crippen molar-refractivity contribution in [1.29, 1.82) is 0 Å². The van der Waals surface area contributed by atoms with Gasteiger partial charge in [-0.15, -0.1) is 0 Å². The summed E-state index contributed by atoms with van der Waals surface area (Å²) in [4.78, 5) is 0. The summed E-state index contributed by atoms with van der Waals surface area (Å²) in [6.45, 7) is 0. The van der Waals surface area contributed by atoms with E-state index in [2.05, 4.69) is 0 Å². The molecule has 0 unspecified atom stereocenters. The molecule has 2 atom stereocenters. The number of aliphatic hydroxyl groups excluding tert-OH is 1. The number of allylic oxidation sites excluding steroid dienone is 1. The van der Waals surface area contributed by atoms with E-state index in [4.69, 9.17) is 11.6 Å². The van der Waals surface area contributed by atoms with E-state index in [0.29, 0.717) is 5.92 Å². The van der Waals surface area contributed by atoms with Crippen LogP contribution in [0.4, 0.5) is 0 Å². The molecule has 0 saturated heterocycles. The molecule has 1 aromatic carbocycles. The zero-order chi connectivity index (χ0) is 9.26. The van der Waals surface area contributed by atoms with Crippen molar-refractivity contribution in [2.24, 2.45) is 0 Å². The lowest BCUT2D eigenvalue weighted by molar-refractivity contribution is 0.218. The molecule has 13 heavy (non-hydrogen) atoms. The van der Waals surface area contributed by atoms with Crippen molar-refractivity contribution < 1.29 is 5.11 Å². The Balaban J connectivity index is 2.18. The van der Waals surface area contributed by atoms with Crippen LogP contribution in [0.3, 0.4) is 0 Å². The Morgan fingerprint density at radius 3 is 2.38 bits per heavy atom. The summed E-state index contributed by atoms with van der Waals surface area (Å²) in [5.74, 6) is 0.354. The molecule has 1 aliphatic carbocycles. The second-order valence-corrected chi connectivity index (χ2v) is 3.78. The van der Waals surface area contributed by atoms with E-state index in [0.717, 1.165) is 11.4 Å². The fourth-order valence-electron chi connectivity index (χ4n) is 1.64. The highest BCUT2D eigenvalue weighted by atomic mass is 35.5. The average molecular weight is 195 g/mol. The van der Waals surface area contributed by atoms with Crippen molar-refractivity contribution >= 4 is 11.6 Å². The minimum absolute atomic E-state index is 0.277. The molecule has 1 aliphatic rings. The van der Waals surface area contributed by atoms with Gasteiger partial charge in [0.05, 0.1) is 6.10 Å². The number of rotatable bonds is 1. The van der Waals surface area contributed by atoms with Gasteiger partial charge in [0, 0.05) is 10.9 Å². The third-order valence-electron chi connectivity index (χ3n) is 2.36. The first kappa shape index (κ1) is 8.79. The van der Waals surface area contributed by atoms with Gasteiger partial charge in [-0.3, -0.25) is 0 Å². The van der Waals surface area contributed by atoms with Crippen molar-refractivity contribution in [3.05, 3.63) is 47.0 Å². The van der Waals surface area contributed by atoms with Crippen LogP contribution in [0.25, 0.3) is 0 Å². The predicted octanol–water partition coefficient (Wildman–Crippen LogP) is 2.74. The Morgan fingerprint density at radius 2 is 1.85 bits per heavy atom. The van der Waals surface area contributed by atoms with Crippen LogP contribution in [0, 0.1) is 0 Å². The Bertz CT molecular complexity index is 315. The van der Waals surface area contributed by atoms with Gasteiger partial charge in [-0.25, -0.2) is 0 Å². The Hall–Kier alpha value is -0.790. The second kappa shape index (κ2) is 3.52. The monoisotopic (exact) mass is 194 g/mol. The summed E-state index contributed by atoms with van der Waals surface area (Å²) in [6.07, 6.45) is 4.41. The number of hydrogen-bond donors (Lipinski definition) is 1. The van der Waals surface area contributed by atoms with E-state index in [1.165, 1.54) is 5.56 Å². The van der Waals surface area contributed by atoms with Gasteiger partial charge in [0.1, 0.15) is 0 Å². The van der Waals surface area contributed by atoms with Crippen LogP contribution in [-0.4, -0.2) is 11.2 Å². The molecule has 0 fully saturated rings. The van der Waals surface area contributed by atoms with Crippen molar-refractivity contribution in [2.45, 2.75) is 18.4 Å². The van der Waals surface area contributed by atoms with E-state index in [-0.39, 0.29) is 6.10 Å². The first-order valence-corrected chi connectivity index (χ1v) is 4.75. The molecule has 0 heterocycles. The second-order valence-electron chi connectivity index (χ2n) is 3.35. The first-order valence-electron chi connectivity index (χ1n) is 4.37. The minimum atomic E-state index is -0.277. The molecular formula is C11H11ClO. The van der Waals surface area contributed by atoms with Gasteiger partial charge in [-0.2, -0.15) is 0 Å². The van der Waals surface area contributed by atoms with Crippen molar-refractivity contribution in [2.75, 3.05) is 0 Å². The van der Waals surface area contributed by atoms with Gasteiger partial charge in [-0.05, 0) is 24.1 Å².